The van der Waals surface area contributed by atoms with E-state index in [4.69, 9.17) is 10.3 Å². The lowest BCUT2D eigenvalue weighted by Gasteiger charge is -2.12. The van der Waals surface area contributed by atoms with Gasteiger partial charge < -0.3 is 15.6 Å². The maximum atomic E-state index is 12.3. The summed E-state index contributed by atoms with van der Waals surface area (Å²) in [6.45, 7) is 1.76. The minimum absolute atomic E-state index is 0.00615. The smallest absolute Gasteiger partial charge is 0.260 e. The largest absolute Gasteiger partial charge is 0.334 e. The lowest BCUT2D eigenvalue weighted by Crippen LogP contribution is -2.23. The third-order valence-corrected chi connectivity index (χ3v) is 3.79. The second-order valence-electron chi connectivity index (χ2n) is 5.45. The predicted octanol–water partition coefficient (Wildman–Crippen LogP) is 2.11. The highest BCUT2D eigenvalue weighted by Crippen LogP contribution is 2.29. The van der Waals surface area contributed by atoms with E-state index in [1.165, 1.54) is 0 Å². The molecule has 1 amide bonds. The predicted molar refractivity (Wildman–Crippen MR) is 78.4 cm³/mol. The first-order valence-corrected chi connectivity index (χ1v) is 7.09. The summed E-state index contributed by atoms with van der Waals surface area (Å²) in [7, 11) is 0. The fourth-order valence-corrected chi connectivity index (χ4v) is 2.67. The van der Waals surface area contributed by atoms with Gasteiger partial charge in [-0.2, -0.15) is 4.98 Å². The van der Waals surface area contributed by atoms with Crippen LogP contribution in [0.4, 0.5) is 5.69 Å². The molecule has 3 rings (SSSR count). The summed E-state index contributed by atoms with van der Waals surface area (Å²) in [5, 5.41) is 6.74. The molecule has 6 nitrogen and oxygen atoms in total. The van der Waals surface area contributed by atoms with Crippen LogP contribution in [-0.4, -0.2) is 22.1 Å². The first-order chi connectivity index (χ1) is 10.1. The summed E-state index contributed by atoms with van der Waals surface area (Å²) in [6, 6.07) is 7.55. The molecule has 1 aromatic heterocycles. The van der Waals surface area contributed by atoms with Gasteiger partial charge in [0, 0.05) is 12.0 Å². The van der Waals surface area contributed by atoms with Crippen LogP contribution in [0.1, 0.15) is 25.1 Å². The van der Waals surface area contributed by atoms with E-state index >= 15 is 0 Å². The van der Waals surface area contributed by atoms with E-state index in [0.717, 1.165) is 24.8 Å². The van der Waals surface area contributed by atoms with Gasteiger partial charge in [-0.05, 0) is 38.3 Å². The van der Waals surface area contributed by atoms with Crippen LogP contribution in [0.2, 0.25) is 0 Å². The SMILES string of the molecule is Cc1noc(-c2ccccc2NC(=O)C2CCC(N)C2)n1. The third kappa shape index (κ3) is 2.95. The monoisotopic (exact) mass is 286 g/mol. The van der Waals surface area contributed by atoms with E-state index in [2.05, 4.69) is 15.5 Å². The lowest BCUT2D eigenvalue weighted by atomic mass is 10.1. The van der Waals surface area contributed by atoms with Crippen LogP contribution in [0.15, 0.2) is 28.8 Å². The van der Waals surface area contributed by atoms with E-state index in [0.29, 0.717) is 17.4 Å². The molecule has 0 spiro atoms. The molecule has 1 aliphatic carbocycles. The van der Waals surface area contributed by atoms with Crippen LogP contribution in [0.3, 0.4) is 0 Å². The quantitative estimate of drug-likeness (QED) is 0.901. The zero-order valence-corrected chi connectivity index (χ0v) is 11.9. The number of para-hydroxylation sites is 1. The van der Waals surface area contributed by atoms with Gasteiger partial charge in [0.2, 0.25) is 5.91 Å². The number of anilines is 1. The fourth-order valence-electron chi connectivity index (χ4n) is 2.67. The Morgan fingerprint density at radius 1 is 1.38 bits per heavy atom. The van der Waals surface area contributed by atoms with E-state index in [-0.39, 0.29) is 17.9 Å². The van der Waals surface area contributed by atoms with E-state index in [1.807, 2.05) is 24.3 Å². The molecule has 1 heterocycles. The van der Waals surface area contributed by atoms with Gasteiger partial charge in [0.05, 0.1) is 11.3 Å². The number of rotatable bonds is 3. The Kier molecular flexibility index (Phi) is 3.70. The minimum atomic E-state index is -0.0162. The number of hydrogen-bond acceptors (Lipinski definition) is 5. The topological polar surface area (TPSA) is 94.0 Å². The second kappa shape index (κ2) is 5.65. The van der Waals surface area contributed by atoms with Gasteiger partial charge in [0.1, 0.15) is 0 Å². The number of aryl methyl sites for hydroxylation is 1. The molecule has 0 radical (unpaired) electrons. The van der Waals surface area contributed by atoms with Crippen LogP contribution in [-0.2, 0) is 4.79 Å². The maximum Gasteiger partial charge on any atom is 0.260 e. The van der Waals surface area contributed by atoms with Crippen molar-refractivity contribution < 1.29 is 9.32 Å². The number of nitrogens with zero attached hydrogens (tertiary/aromatic N) is 2. The molecule has 6 heteroatoms. The Labute approximate surface area is 122 Å². The number of carbonyl (C=O) groups is 1. The number of amides is 1. The van der Waals surface area contributed by atoms with E-state index in [9.17, 15) is 4.79 Å². The highest BCUT2D eigenvalue weighted by Gasteiger charge is 2.28. The summed E-state index contributed by atoms with van der Waals surface area (Å²) in [6.07, 6.45) is 2.49. The Hall–Kier alpha value is -2.21. The molecule has 1 fully saturated rings. The van der Waals surface area contributed by atoms with Crippen LogP contribution in [0.25, 0.3) is 11.5 Å². The van der Waals surface area contributed by atoms with Crippen molar-refractivity contribution in [2.75, 3.05) is 5.32 Å². The highest BCUT2D eigenvalue weighted by molar-refractivity contribution is 5.96. The van der Waals surface area contributed by atoms with E-state index < -0.39 is 0 Å². The average Bonchev–Trinajstić information content (AvgIpc) is 3.08. The van der Waals surface area contributed by atoms with Gasteiger partial charge >= 0.3 is 0 Å². The number of carbonyl (C=O) groups excluding carboxylic acids is 1. The van der Waals surface area contributed by atoms with Gasteiger partial charge in [-0.3, -0.25) is 4.79 Å². The first-order valence-electron chi connectivity index (χ1n) is 7.09. The molecule has 2 unspecified atom stereocenters. The standard InChI is InChI=1S/C15H18N4O2/c1-9-17-15(21-19-9)12-4-2-3-5-13(12)18-14(20)10-6-7-11(16)8-10/h2-5,10-11H,6-8,16H2,1H3,(H,18,20). The Morgan fingerprint density at radius 2 is 2.19 bits per heavy atom. The molecule has 1 saturated carbocycles. The van der Waals surface area contributed by atoms with Crippen molar-refractivity contribution in [3.63, 3.8) is 0 Å². The Bertz CT molecular complexity index is 653. The number of hydrogen-bond donors (Lipinski definition) is 2. The fraction of sp³-hybridized carbons (Fsp3) is 0.400. The van der Waals surface area contributed by atoms with Gasteiger partial charge in [0.15, 0.2) is 5.82 Å². The molecule has 0 bridgehead atoms. The summed E-state index contributed by atoms with van der Waals surface area (Å²) in [4.78, 5) is 16.5. The second-order valence-corrected chi connectivity index (χ2v) is 5.45. The molecule has 110 valence electrons. The molecular weight excluding hydrogens is 268 g/mol. The molecule has 0 aliphatic heterocycles. The molecule has 2 atom stereocenters. The van der Waals surface area contributed by atoms with Crippen molar-refractivity contribution in [3.05, 3.63) is 30.1 Å². The van der Waals surface area contributed by atoms with Gasteiger partial charge in [-0.1, -0.05) is 17.3 Å². The summed E-state index contributed by atoms with van der Waals surface area (Å²) >= 11 is 0. The maximum absolute atomic E-state index is 12.3. The number of nitrogens with two attached hydrogens (primary N) is 1. The lowest BCUT2D eigenvalue weighted by molar-refractivity contribution is -0.119. The van der Waals surface area contributed by atoms with Gasteiger partial charge in [-0.15, -0.1) is 0 Å². The average molecular weight is 286 g/mol. The summed E-state index contributed by atoms with van der Waals surface area (Å²) < 4.78 is 5.18. The normalized spacial score (nSPS) is 21.4. The Balaban J connectivity index is 1.81. The molecule has 0 saturated heterocycles. The van der Waals surface area contributed by atoms with Crippen LogP contribution in [0, 0.1) is 12.8 Å². The van der Waals surface area contributed by atoms with Crippen molar-refractivity contribution in [2.24, 2.45) is 11.7 Å². The zero-order valence-electron chi connectivity index (χ0n) is 11.9. The highest BCUT2D eigenvalue weighted by atomic mass is 16.5. The molecule has 1 aliphatic rings. The van der Waals surface area contributed by atoms with Crippen molar-refractivity contribution in [2.45, 2.75) is 32.2 Å². The summed E-state index contributed by atoms with van der Waals surface area (Å²) in [5.41, 5.74) is 7.28. The Morgan fingerprint density at radius 3 is 2.86 bits per heavy atom. The molecular formula is C15H18N4O2. The van der Waals surface area contributed by atoms with Crippen molar-refractivity contribution in [3.8, 4) is 11.5 Å². The minimum Gasteiger partial charge on any atom is -0.334 e. The molecule has 21 heavy (non-hydrogen) atoms. The van der Waals surface area contributed by atoms with Crippen LogP contribution < -0.4 is 11.1 Å². The van der Waals surface area contributed by atoms with Gasteiger partial charge in [0.25, 0.3) is 5.89 Å². The van der Waals surface area contributed by atoms with Crippen molar-refractivity contribution in [1.82, 2.24) is 10.1 Å². The molecule has 2 aromatic rings. The van der Waals surface area contributed by atoms with E-state index in [1.54, 1.807) is 6.92 Å². The molecule has 3 N–H and O–H groups in total. The number of aromatic nitrogens is 2. The zero-order chi connectivity index (χ0) is 14.8. The summed E-state index contributed by atoms with van der Waals surface area (Å²) in [5.74, 6) is 0.962. The molecule has 1 aromatic carbocycles. The first kappa shape index (κ1) is 13.8. The van der Waals surface area contributed by atoms with Crippen molar-refractivity contribution >= 4 is 11.6 Å². The number of nitrogens with one attached hydrogen (secondary N) is 1. The van der Waals surface area contributed by atoms with Gasteiger partial charge in [-0.25, -0.2) is 0 Å². The van der Waals surface area contributed by atoms with Crippen LogP contribution in [0.5, 0.6) is 0 Å². The van der Waals surface area contributed by atoms with Crippen molar-refractivity contribution in [1.29, 1.82) is 0 Å². The third-order valence-electron chi connectivity index (χ3n) is 3.79. The number of benzene rings is 1. The van der Waals surface area contributed by atoms with Crippen LogP contribution >= 0.6 is 0 Å².